The summed E-state index contributed by atoms with van der Waals surface area (Å²) < 4.78 is 4.91. The molecule has 9 nitrogen and oxygen atoms in total. The molecule has 0 aliphatic carbocycles. The molecule has 1 saturated heterocycles. The third kappa shape index (κ3) is 7.65. The summed E-state index contributed by atoms with van der Waals surface area (Å²) in [6, 6.07) is 16.0. The molecule has 0 unspecified atom stereocenters. The molecule has 3 amide bonds. The third-order valence-corrected chi connectivity index (χ3v) is 5.84. The fraction of sp³-hybridized carbons (Fsp3) is 0.385. The molecule has 0 spiro atoms. The van der Waals surface area contributed by atoms with Gasteiger partial charge in [0, 0.05) is 18.7 Å². The number of hydrogen-bond donors (Lipinski definition) is 5. The van der Waals surface area contributed by atoms with Crippen molar-refractivity contribution in [2.75, 3.05) is 13.2 Å². The number of benzene rings is 2. The second-order valence-corrected chi connectivity index (χ2v) is 8.59. The van der Waals surface area contributed by atoms with Crippen LogP contribution >= 0.6 is 0 Å². The Morgan fingerprint density at radius 3 is 2.51 bits per heavy atom. The Morgan fingerprint density at radius 2 is 1.83 bits per heavy atom. The molecule has 0 bridgehead atoms. The van der Waals surface area contributed by atoms with E-state index in [-0.39, 0.29) is 36.2 Å². The van der Waals surface area contributed by atoms with Crippen molar-refractivity contribution in [1.82, 2.24) is 21.3 Å². The van der Waals surface area contributed by atoms with Crippen LogP contribution in [-0.2, 0) is 20.9 Å². The molecule has 1 aliphatic heterocycles. The molecule has 186 valence electrons. The van der Waals surface area contributed by atoms with Gasteiger partial charge < -0.3 is 20.7 Å². The van der Waals surface area contributed by atoms with Gasteiger partial charge >= 0.3 is 6.09 Å². The number of nitrogens with one attached hydrogen (secondary N) is 5. The lowest BCUT2D eigenvalue weighted by atomic mass is 9.96. The van der Waals surface area contributed by atoms with Crippen molar-refractivity contribution in [3.63, 3.8) is 0 Å². The standard InChI is InChI=1S/C26H33N5O4/c1-3-13-35-26(34)31-23(27)20-11-9-18(10-12-20)15-29-24(32)17(2)30-25(33)22-14-21(16-28-22)19-7-5-4-6-8-19/h4-12,17,21-22,28H,3,13-16H2,1-2H3,(H,29,32)(H,30,33)(H2,27,31,34)/t17-,21-,22+/m0/s1. The van der Waals surface area contributed by atoms with Gasteiger partial charge in [-0.25, -0.2) is 4.79 Å². The van der Waals surface area contributed by atoms with E-state index in [4.69, 9.17) is 10.1 Å². The van der Waals surface area contributed by atoms with Gasteiger partial charge in [-0.2, -0.15) is 0 Å². The summed E-state index contributed by atoms with van der Waals surface area (Å²) in [7, 11) is 0. The van der Waals surface area contributed by atoms with Crippen molar-refractivity contribution in [1.29, 1.82) is 5.41 Å². The first kappa shape index (κ1) is 25.9. The van der Waals surface area contributed by atoms with E-state index >= 15 is 0 Å². The molecule has 0 radical (unpaired) electrons. The SMILES string of the molecule is CCCOC(=O)NC(=N)c1ccc(CNC(=O)[C@H](C)NC(=O)[C@H]2C[C@H](c3ccccc3)CN2)cc1. The molecule has 5 N–H and O–H groups in total. The third-order valence-electron chi connectivity index (χ3n) is 5.84. The summed E-state index contributed by atoms with van der Waals surface area (Å²) >= 11 is 0. The maximum Gasteiger partial charge on any atom is 0.412 e. The van der Waals surface area contributed by atoms with Gasteiger partial charge in [-0.05, 0) is 36.8 Å². The van der Waals surface area contributed by atoms with Crippen LogP contribution in [0.5, 0.6) is 0 Å². The quantitative estimate of drug-likeness (QED) is 0.278. The predicted octanol–water partition coefficient (Wildman–Crippen LogP) is 2.41. The summed E-state index contributed by atoms with van der Waals surface area (Å²) in [6.45, 7) is 4.84. The molecular weight excluding hydrogens is 446 g/mol. The van der Waals surface area contributed by atoms with E-state index in [0.717, 1.165) is 12.1 Å². The minimum absolute atomic E-state index is 0.0620. The minimum atomic E-state index is -0.675. The minimum Gasteiger partial charge on any atom is -0.449 e. The second-order valence-electron chi connectivity index (χ2n) is 8.59. The zero-order valence-corrected chi connectivity index (χ0v) is 20.1. The highest BCUT2D eigenvalue weighted by Gasteiger charge is 2.31. The Kier molecular flexibility index (Phi) is 9.37. The van der Waals surface area contributed by atoms with Crippen molar-refractivity contribution in [3.05, 3.63) is 71.3 Å². The van der Waals surface area contributed by atoms with Crippen LogP contribution in [-0.4, -0.2) is 49.0 Å². The van der Waals surface area contributed by atoms with Gasteiger partial charge in [0.2, 0.25) is 11.8 Å². The molecule has 2 aromatic carbocycles. The maximum atomic E-state index is 12.6. The second kappa shape index (κ2) is 12.7. The lowest BCUT2D eigenvalue weighted by molar-refractivity contribution is -0.129. The summed E-state index contributed by atoms with van der Waals surface area (Å²) in [5.41, 5.74) is 2.55. The average molecular weight is 480 g/mol. The van der Waals surface area contributed by atoms with Crippen LogP contribution in [0.2, 0.25) is 0 Å². The van der Waals surface area contributed by atoms with Crippen LogP contribution < -0.4 is 21.3 Å². The summed E-state index contributed by atoms with van der Waals surface area (Å²) in [4.78, 5) is 36.7. The lowest BCUT2D eigenvalue weighted by Crippen LogP contribution is -2.49. The molecule has 3 atom stereocenters. The Hall–Kier alpha value is -3.72. The molecule has 0 saturated carbocycles. The van der Waals surface area contributed by atoms with E-state index in [0.29, 0.717) is 25.0 Å². The van der Waals surface area contributed by atoms with Gasteiger partial charge in [0.05, 0.1) is 12.6 Å². The summed E-state index contributed by atoms with van der Waals surface area (Å²) in [6.07, 6.45) is 0.736. The first-order chi connectivity index (χ1) is 16.9. The van der Waals surface area contributed by atoms with Gasteiger partial charge in [-0.1, -0.05) is 61.5 Å². The van der Waals surface area contributed by atoms with Gasteiger partial charge in [0.1, 0.15) is 11.9 Å². The predicted molar refractivity (Wildman–Crippen MR) is 133 cm³/mol. The van der Waals surface area contributed by atoms with Crippen molar-refractivity contribution in [2.45, 2.75) is 51.2 Å². The molecule has 2 aromatic rings. The normalized spacial score (nSPS) is 17.8. The van der Waals surface area contributed by atoms with Gasteiger partial charge in [0.15, 0.2) is 0 Å². The number of amides is 3. The van der Waals surface area contributed by atoms with Crippen LogP contribution in [0.1, 0.15) is 49.3 Å². The van der Waals surface area contributed by atoms with E-state index in [1.807, 2.05) is 25.1 Å². The summed E-state index contributed by atoms with van der Waals surface area (Å²) in [5.74, 6) is -0.252. The summed E-state index contributed by atoms with van der Waals surface area (Å²) in [5, 5.41) is 19.2. The Balaban J connectivity index is 1.41. The number of carbonyl (C=O) groups is 3. The highest BCUT2D eigenvalue weighted by Crippen LogP contribution is 2.25. The van der Waals surface area contributed by atoms with Crippen LogP contribution in [0.25, 0.3) is 0 Å². The number of ether oxygens (including phenoxy) is 1. The highest BCUT2D eigenvalue weighted by molar-refractivity contribution is 6.04. The average Bonchev–Trinajstić information content (AvgIpc) is 3.37. The van der Waals surface area contributed by atoms with Gasteiger partial charge in [0.25, 0.3) is 0 Å². The largest absolute Gasteiger partial charge is 0.449 e. The number of hydrogen-bond acceptors (Lipinski definition) is 6. The number of rotatable bonds is 9. The van der Waals surface area contributed by atoms with Crippen LogP contribution in [0.15, 0.2) is 54.6 Å². The van der Waals surface area contributed by atoms with Crippen LogP contribution in [0.3, 0.4) is 0 Å². The maximum absolute atomic E-state index is 12.6. The van der Waals surface area contributed by atoms with Gasteiger partial charge in [-0.15, -0.1) is 0 Å². The van der Waals surface area contributed by atoms with Crippen LogP contribution in [0.4, 0.5) is 4.79 Å². The first-order valence-corrected chi connectivity index (χ1v) is 11.9. The molecule has 35 heavy (non-hydrogen) atoms. The molecular formula is C26H33N5O4. The topological polar surface area (TPSA) is 132 Å². The first-order valence-electron chi connectivity index (χ1n) is 11.9. The van der Waals surface area contributed by atoms with E-state index in [1.54, 1.807) is 31.2 Å². The number of amidine groups is 1. The number of carbonyl (C=O) groups excluding carboxylic acids is 3. The van der Waals surface area contributed by atoms with Gasteiger partial charge in [-0.3, -0.25) is 20.3 Å². The Morgan fingerprint density at radius 1 is 1.11 bits per heavy atom. The molecule has 1 heterocycles. The fourth-order valence-corrected chi connectivity index (χ4v) is 3.83. The van der Waals surface area contributed by atoms with Crippen molar-refractivity contribution >= 4 is 23.7 Å². The Bertz CT molecular complexity index is 1030. The van der Waals surface area contributed by atoms with Crippen molar-refractivity contribution < 1.29 is 19.1 Å². The van der Waals surface area contributed by atoms with E-state index in [2.05, 4.69) is 33.4 Å². The Labute approximate surface area is 205 Å². The van der Waals surface area contributed by atoms with Crippen molar-refractivity contribution in [3.8, 4) is 0 Å². The zero-order chi connectivity index (χ0) is 25.2. The van der Waals surface area contributed by atoms with E-state index < -0.39 is 12.1 Å². The smallest absolute Gasteiger partial charge is 0.412 e. The number of alkyl carbamates (subject to hydrolysis) is 1. The monoisotopic (exact) mass is 479 g/mol. The molecule has 3 rings (SSSR count). The highest BCUT2D eigenvalue weighted by atomic mass is 16.5. The molecule has 1 fully saturated rings. The molecule has 9 heteroatoms. The van der Waals surface area contributed by atoms with E-state index in [1.165, 1.54) is 5.56 Å². The van der Waals surface area contributed by atoms with E-state index in [9.17, 15) is 14.4 Å². The van der Waals surface area contributed by atoms with Crippen molar-refractivity contribution in [2.24, 2.45) is 0 Å². The van der Waals surface area contributed by atoms with Crippen LogP contribution in [0, 0.1) is 5.41 Å². The fourth-order valence-electron chi connectivity index (χ4n) is 3.83. The zero-order valence-electron chi connectivity index (χ0n) is 20.1. The lowest BCUT2D eigenvalue weighted by Gasteiger charge is -2.17. The molecule has 1 aliphatic rings. The molecule has 0 aromatic heterocycles.